The molecule has 2 heterocycles. The van der Waals surface area contributed by atoms with Crippen molar-refractivity contribution in [2.24, 2.45) is 0 Å². The van der Waals surface area contributed by atoms with E-state index in [0.717, 1.165) is 77.1 Å². The third-order valence-electron chi connectivity index (χ3n) is 8.14. The van der Waals surface area contributed by atoms with E-state index in [-0.39, 0.29) is 24.2 Å². The largest absolute Gasteiger partial charge is 0.393 e. The van der Waals surface area contributed by atoms with E-state index in [4.69, 9.17) is 9.97 Å². The zero-order valence-corrected chi connectivity index (χ0v) is 27.2. The van der Waals surface area contributed by atoms with Crippen LogP contribution in [0.2, 0.25) is 0 Å². The number of nitrogens with one attached hydrogen (secondary N) is 2. The number of aryl methyl sites for hydroxylation is 1. The summed E-state index contributed by atoms with van der Waals surface area (Å²) in [4.78, 5) is 24.8. The SMILES string of the molecule is CC[C@H](O)C[C@H](O)/C=C/c1c(C(C)C)nc2c(c1-c1ccc(F)cc1)CCCc1nc(NC(=O)NCCCCN(C)C)ccc1-2. The lowest BCUT2D eigenvalue weighted by Crippen LogP contribution is -2.30. The van der Waals surface area contributed by atoms with Gasteiger partial charge in [0, 0.05) is 24.1 Å². The van der Waals surface area contributed by atoms with Crippen LogP contribution in [-0.4, -0.2) is 70.5 Å². The fourth-order valence-electron chi connectivity index (χ4n) is 5.73. The molecule has 1 aliphatic rings. The van der Waals surface area contributed by atoms with Crippen LogP contribution in [0.25, 0.3) is 28.5 Å². The fourth-order valence-corrected chi connectivity index (χ4v) is 5.73. The van der Waals surface area contributed by atoms with Crippen LogP contribution >= 0.6 is 0 Å². The van der Waals surface area contributed by atoms with Crippen LogP contribution in [0.5, 0.6) is 0 Å². The Morgan fingerprint density at radius 3 is 2.51 bits per heavy atom. The first-order valence-electron chi connectivity index (χ1n) is 16.1. The topological polar surface area (TPSA) is 111 Å². The Kier molecular flexibility index (Phi) is 12.2. The number of hydrogen-bond donors (Lipinski definition) is 4. The highest BCUT2D eigenvalue weighted by molar-refractivity contribution is 5.89. The van der Waals surface area contributed by atoms with E-state index in [1.165, 1.54) is 12.1 Å². The lowest BCUT2D eigenvalue weighted by Gasteiger charge is -2.22. The molecule has 0 saturated heterocycles. The number of aromatic nitrogens is 2. The van der Waals surface area contributed by atoms with E-state index < -0.39 is 12.2 Å². The van der Waals surface area contributed by atoms with Crippen molar-refractivity contribution in [3.63, 3.8) is 0 Å². The molecule has 0 fully saturated rings. The number of rotatable bonds is 13. The first-order chi connectivity index (χ1) is 21.6. The number of carbonyl (C=O) groups excluding carboxylic acids is 1. The van der Waals surface area contributed by atoms with Gasteiger partial charge in [-0.3, -0.25) is 10.3 Å². The van der Waals surface area contributed by atoms with Crippen molar-refractivity contribution in [2.45, 2.75) is 83.8 Å². The van der Waals surface area contributed by atoms with Gasteiger partial charge in [0.1, 0.15) is 11.6 Å². The van der Waals surface area contributed by atoms with Crippen LogP contribution in [0, 0.1) is 5.82 Å². The molecule has 4 N–H and O–H groups in total. The number of amides is 2. The van der Waals surface area contributed by atoms with Gasteiger partial charge in [0.05, 0.1) is 29.3 Å². The second-order valence-corrected chi connectivity index (χ2v) is 12.4. The predicted molar refractivity (Wildman–Crippen MR) is 180 cm³/mol. The summed E-state index contributed by atoms with van der Waals surface area (Å²) in [6.45, 7) is 7.63. The maximum atomic E-state index is 14.1. The molecule has 4 rings (SSSR count). The average Bonchev–Trinajstić information content (AvgIpc) is 3.18. The van der Waals surface area contributed by atoms with Gasteiger partial charge in [-0.05, 0) is 106 Å². The van der Waals surface area contributed by atoms with Crippen LogP contribution in [0.15, 0.2) is 42.5 Å². The van der Waals surface area contributed by atoms with Crippen LogP contribution in [0.3, 0.4) is 0 Å². The Morgan fingerprint density at radius 2 is 1.82 bits per heavy atom. The lowest BCUT2D eigenvalue weighted by atomic mass is 9.86. The highest BCUT2D eigenvalue weighted by atomic mass is 19.1. The molecule has 0 radical (unpaired) electrons. The minimum atomic E-state index is -0.814. The number of halogens is 1. The van der Waals surface area contributed by atoms with Gasteiger partial charge < -0.3 is 20.4 Å². The maximum absolute atomic E-state index is 14.1. The summed E-state index contributed by atoms with van der Waals surface area (Å²) >= 11 is 0. The molecule has 8 nitrogen and oxygen atoms in total. The maximum Gasteiger partial charge on any atom is 0.320 e. The first kappa shape index (κ1) is 34.2. The second kappa shape index (κ2) is 16.1. The molecule has 1 aromatic carbocycles. The van der Waals surface area contributed by atoms with Crippen molar-refractivity contribution in [2.75, 3.05) is 32.5 Å². The number of carbonyl (C=O) groups is 1. The Labute approximate surface area is 266 Å². The number of nitrogens with zero attached hydrogens (tertiary/aromatic N) is 3. The molecule has 0 unspecified atom stereocenters. The van der Waals surface area contributed by atoms with Crippen LogP contribution in [-0.2, 0) is 12.8 Å². The summed E-state index contributed by atoms with van der Waals surface area (Å²) < 4.78 is 14.1. The summed E-state index contributed by atoms with van der Waals surface area (Å²) in [6, 6.07) is 10.0. The number of anilines is 1. The number of hydrogen-bond acceptors (Lipinski definition) is 6. The standard InChI is InChI=1S/C36H48FN5O3/c1-6-26(43)22-27(44)16-17-30-33(24-12-14-25(37)15-13-24)29-10-9-11-31-28(35(29)41-34(30)23(2)3)18-19-32(39-31)40-36(45)38-20-7-8-21-42(4)5/h12-19,23,26-27,43-44H,6-11,20-22H2,1-5H3,(H2,38,39,40,45)/b17-16+/t26-,27+/m0/s1. The predicted octanol–water partition coefficient (Wildman–Crippen LogP) is 6.56. The summed E-state index contributed by atoms with van der Waals surface area (Å²) in [5.41, 5.74) is 7.26. The van der Waals surface area contributed by atoms with E-state index in [1.54, 1.807) is 18.2 Å². The Bertz CT molecular complexity index is 1470. The first-order valence-corrected chi connectivity index (χ1v) is 16.1. The van der Waals surface area contributed by atoms with Gasteiger partial charge in [-0.1, -0.05) is 45.1 Å². The Morgan fingerprint density at radius 1 is 1.07 bits per heavy atom. The highest BCUT2D eigenvalue weighted by Crippen LogP contribution is 2.42. The molecule has 45 heavy (non-hydrogen) atoms. The van der Waals surface area contributed by atoms with Gasteiger partial charge >= 0.3 is 6.03 Å². The average molecular weight is 618 g/mol. The Hall–Kier alpha value is -3.66. The van der Waals surface area contributed by atoms with E-state index in [9.17, 15) is 19.4 Å². The molecule has 0 bridgehead atoms. The molecule has 9 heteroatoms. The number of urea groups is 1. The molecule has 0 saturated carbocycles. The number of fused-ring (bicyclic) bond motifs is 3. The number of aliphatic hydroxyl groups excluding tert-OH is 2. The molecule has 242 valence electrons. The minimum Gasteiger partial charge on any atom is -0.393 e. The van der Waals surface area contributed by atoms with Crippen molar-refractivity contribution in [3.05, 3.63) is 70.8 Å². The molecular formula is C36H48FN5O3. The Balaban J connectivity index is 1.72. The highest BCUT2D eigenvalue weighted by Gasteiger charge is 2.26. The molecule has 2 aromatic heterocycles. The second-order valence-electron chi connectivity index (χ2n) is 12.4. The van der Waals surface area contributed by atoms with Crippen LogP contribution < -0.4 is 10.6 Å². The minimum absolute atomic E-state index is 0.0505. The molecule has 0 spiro atoms. The van der Waals surface area contributed by atoms with Gasteiger partial charge in [0.15, 0.2) is 0 Å². The smallest absolute Gasteiger partial charge is 0.320 e. The van der Waals surface area contributed by atoms with Crippen LogP contribution in [0.4, 0.5) is 15.0 Å². The molecule has 2 amide bonds. The summed E-state index contributed by atoms with van der Waals surface area (Å²) in [5.74, 6) is 0.236. The van der Waals surface area contributed by atoms with E-state index in [0.29, 0.717) is 25.2 Å². The van der Waals surface area contributed by atoms with E-state index in [2.05, 4.69) is 29.4 Å². The molecule has 3 aromatic rings. The third kappa shape index (κ3) is 9.19. The monoisotopic (exact) mass is 617 g/mol. The van der Waals surface area contributed by atoms with Crippen molar-refractivity contribution in [1.82, 2.24) is 20.2 Å². The summed E-state index contributed by atoms with van der Waals surface area (Å²) in [7, 11) is 4.07. The van der Waals surface area contributed by atoms with Gasteiger partial charge in [0.2, 0.25) is 0 Å². The number of pyridine rings is 2. The van der Waals surface area contributed by atoms with Crippen LogP contribution in [0.1, 0.15) is 81.3 Å². The van der Waals surface area contributed by atoms with Gasteiger partial charge in [0.25, 0.3) is 0 Å². The summed E-state index contributed by atoms with van der Waals surface area (Å²) in [5, 5.41) is 26.5. The molecular weight excluding hydrogens is 569 g/mol. The van der Waals surface area contributed by atoms with E-state index in [1.807, 2.05) is 39.2 Å². The number of unbranched alkanes of at least 4 members (excludes halogenated alkanes) is 1. The number of aliphatic hydroxyl groups is 2. The molecule has 1 aliphatic carbocycles. The van der Waals surface area contributed by atoms with Crippen molar-refractivity contribution in [3.8, 4) is 22.4 Å². The lowest BCUT2D eigenvalue weighted by molar-refractivity contribution is 0.102. The zero-order chi connectivity index (χ0) is 32.5. The van der Waals surface area contributed by atoms with Gasteiger partial charge in [-0.15, -0.1) is 0 Å². The van der Waals surface area contributed by atoms with Gasteiger partial charge in [-0.25, -0.2) is 14.2 Å². The number of benzene rings is 1. The van der Waals surface area contributed by atoms with Gasteiger partial charge in [-0.2, -0.15) is 0 Å². The van der Waals surface area contributed by atoms with E-state index >= 15 is 0 Å². The molecule has 2 atom stereocenters. The quantitative estimate of drug-likeness (QED) is 0.162. The van der Waals surface area contributed by atoms with Crippen molar-refractivity contribution >= 4 is 17.9 Å². The molecule has 0 aliphatic heterocycles. The summed E-state index contributed by atoms with van der Waals surface area (Å²) in [6.07, 6.45) is 7.22. The van der Waals surface area contributed by atoms with Crippen molar-refractivity contribution < 1.29 is 19.4 Å². The normalized spacial score (nSPS) is 14.3. The third-order valence-corrected chi connectivity index (χ3v) is 8.14. The fraction of sp³-hybridized carbons (Fsp3) is 0.472. The van der Waals surface area contributed by atoms with Crippen molar-refractivity contribution in [1.29, 1.82) is 0 Å². The zero-order valence-electron chi connectivity index (χ0n) is 27.2.